The van der Waals surface area contributed by atoms with Crippen LogP contribution in [-0.4, -0.2) is 25.6 Å². The molecule has 7 heteroatoms. The number of aromatic nitrogens is 1. The average molecular weight is 405 g/mol. The smallest absolute Gasteiger partial charge is 0.257 e. The lowest BCUT2D eigenvalue weighted by Gasteiger charge is -2.13. The molecule has 1 fully saturated rings. The topological polar surface area (TPSA) is 76.1 Å². The fraction of sp³-hybridized carbons (Fsp3) is 0.300. The van der Waals surface area contributed by atoms with Gasteiger partial charge >= 0.3 is 0 Å². The average Bonchev–Trinajstić information content (AvgIpc) is 3.12. The van der Waals surface area contributed by atoms with Crippen LogP contribution in [0.1, 0.15) is 31.2 Å². The fourth-order valence-corrected chi connectivity index (χ4v) is 4.58. The largest absolute Gasteiger partial charge is 0.307 e. The molecule has 0 aliphatic heterocycles. The molecular weight excluding hydrogens is 384 g/mol. The predicted molar refractivity (Wildman–Crippen MR) is 107 cm³/mol. The number of hydrogen-bond donors (Lipinski definition) is 1. The minimum Gasteiger partial charge on any atom is -0.307 e. The Kier molecular flexibility index (Phi) is 5.97. The molecule has 0 spiro atoms. The second kappa shape index (κ2) is 8.23. The van der Waals surface area contributed by atoms with E-state index in [0.717, 1.165) is 31.9 Å². The summed E-state index contributed by atoms with van der Waals surface area (Å²) in [5.74, 6) is 0.491. The molecule has 142 valence electrons. The van der Waals surface area contributed by atoms with Crippen molar-refractivity contribution in [2.45, 2.75) is 30.6 Å². The van der Waals surface area contributed by atoms with E-state index in [1.165, 1.54) is 12.1 Å². The molecule has 1 aliphatic carbocycles. The summed E-state index contributed by atoms with van der Waals surface area (Å²) in [5.41, 5.74) is 1.07. The Hall–Kier alpha value is -2.18. The molecule has 1 aromatic heterocycles. The fourth-order valence-electron chi connectivity index (χ4n) is 3.25. The van der Waals surface area contributed by atoms with Crippen LogP contribution in [0.15, 0.2) is 53.6 Å². The summed E-state index contributed by atoms with van der Waals surface area (Å²) in [7, 11) is -3.43. The number of rotatable bonds is 5. The highest BCUT2D eigenvalue weighted by molar-refractivity contribution is 7.90. The Labute approximate surface area is 164 Å². The van der Waals surface area contributed by atoms with Crippen molar-refractivity contribution < 1.29 is 13.2 Å². The molecule has 2 aromatic rings. The SMILES string of the molecule is CS(=O)(=O)c1ccc(C(=CC2CCCC2)C(=O)Nc2ccccn2)cc1Cl. The van der Waals surface area contributed by atoms with Gasteiger partial charge < -0.3 is 5.32 Å². The lowest BCUT2D eigenvalue weighted by atomic mass is 9.98. The maximum Gasteiger partial charge on any atom is 0.257 e. The van der Waals surface area contributed by atoms with Gasteiger partial charge in [-0.05, 0) is 48.6 Å². The molecule has 1 saturated carbocycles. The number of carbonyl (C=O) groups is 1. The Bertz CT molecular complexity index is 966. The number of pyridine rings is 1. The van der Waals surface area contributed by atoms with Crippen LogP contribution in [0, 0.1) is 5.92 Å². The zero-order valence-electron chi connectivity index (χ0n) is 15.0. The van der Waals surface area contributed by atoms with E-state index in [-0.39, 0.29) is 15.8 Å². The van der Waals surface area contributed by atoms with Crippen LogP contribution >= 0.6 is 11.6 Å². The van der Waals surface area contributed by atoms with Gasteiger partial charge in [0.1, 0.15) is 5.82 Å². The summed E-state index contributed by atoms with van der Waals surface area (Å²) < 4.78 is 23.6. The van der Waals surface area contributed by atoms with Crippen LogP contribution in [0.3, 0.4) is 0 Å². The number of halogens is 1. The van der Waals surface area contributed by atoms with Gasteiger partial charge in [-0.25, -0.2) is 13.4 Å². The summed E-state index contributed by atoms with van der Waals surface area (Å²) in [6.45, 7) is 0. The number of nitrogens with one attached hydrogen (secondary N) is 1. The van der Waals surface area contributed by atoms with Crippen molar-refractivity contribution in [3.8, 4) is 0 Å². The zero-order valence-corrected chi connectivity index (χ0v) is 16.6. The van der Waals surface area contributed by atoms with Crippen LogP contribution in [-0.2, 0) is 14.6 Å². The van der Waals surface area contributed by atoms with Gasteiger partial charge in [-0.2, -0.15) is 0 Å². The van der Waals surface area contributed by atoms with E-state index >= 15 is 0 Å². The van der Waals surface area contributed by atoms with E-state index < -0.39 is 9.84 Å². The molecule has 1 N–H and O–H groups in total. The second-order valence-corrected chi connectivity index (χ2v) is 9.10. The second-order valence-electron chi connectivity index (χ2n) is 6.71. The highest BCUT2D eigenvalue weighted by Crippen LogP contribution is 2.32. The molecule has 0 saturated heterocycles. The Morgan fingerprint density at radius 2 is 1.96 bits per heavy atom. The third-order valence-corrected chi connectivity index (χ3v) is 6.18. The first-order chi connectivity index (χ1) is 12.8. The van der Waals surface area contributed by atoms with Gasteiger partial charge in [0.05, 0.1) is 9.92 Å². The van der Waals surface area contributed by atoms with Crippen LogP contribution in [0.25, 0.3) is 5.57 Å². The van der Waals surface area contributed by atoms with Crippen molar-refractivity contribution in [1.82, 2.24) is 4.98 Å². The summed E-state index contributed by atoms with van der Waals surface area (Å²) in [6.07, 6.45) is 9.04. The van der Waals surface area contributed by atoms with Crippen molar-refractivity contribution in [1.29, 1.82) is 0 Å². The van der Waals surface area contributed by atoms with E-state index in [2.05, 4.69) is 10.3 Å². The number of amides is 1. The lowest BCUT2D eigenvalue weighted by Crippen LogP contribution is -2.15. The lowest BCUT2D eigenvalue weighted by molar-refractivity contribution is -0.111. The molecule has 0 bridgehead atoms. The molecule has 0 atom stereocenters. The third-order valence-electron chi connectivity index (χ3n) is 4.60. The van der Waals surface area contributed by atoms with Crippen molar-refractivity contribution in [2.24, 2.45) is 5.92 Å². The summed E-state index contributed by atoms with van der Waals surface area (Å²) in [6, 6.07) is 9.89. The van der Waals surface area contributed by atoms with Crippen molar-refractivity contribution in [3.05, 3.63) is 59.3 Å². The first-order valence-electron chi connectivity index (χ1n) is 8.79. The molecule has 27 heavy (non-hydrogen) atoms. The standard InChI is InChI=1S/C20H21ClN2O3S/c1-27(25,26)18-10-9-15(13-17(18)21)16(12-14-6-2-3-7-14)20(24)23-19-8-4-5-11-22-19/h4-5,8-14H,2-3,6-7H2,1H3,(H,22,23,24). The number of benzene rings is 1. The van der Waals surface area contributed by atoms with Crippen LogP contribution in [0.2, 0.25) is 5.02 Å². The normalized spacial score (nSPS) is 15.7. The van der Waals surface area contributed by atoms with Gasteiger partial charge in [0.2, 0.25) is 0 Å². The van der Waals surface area contributed by atoms with Gasteiger partial charge in [0.15, 0.2) is 9.84 Å². The third kappa shape index (κ3) is 4.96. The monoisotopic (exact) mass is 404 g/mol. The highest BCUT2D eigenvalue weighted by Gasteiger charge is 2.21. The minimum absolute atomic E-state index is 0.0540. The molecular formula is C20H21ClN2O3S. The van der Waals surface area contributed by atoms with Crippen molar-refractivity contribution in [2.75, 3.05) is 11.6 Å². The van der Waals surface area contributed by atoms with E-state index in [1.807, 2.05) is 6.08 Å². The van der Waals surface area contributed by atoms with Gasteiger partial charge in [-0.3, -0.25) is 4.79 Å². The summed E-state index contributed by atoms with van der Waals surface area (Å²) >= 11 is 6.19. The van der Waals surface area contributed by atoms with E-state index in [9.17, 15) is 13.2 Å². The molecule has 0 unspecified atom stereocenters. The number of hydrogen-bond acceptors (Lipinski definition) is 4. The number of nitrogens with zero attached hydrogens (tertiary/aromatic N) is 1. The number of sulfone groups is 1. The predicted octanol–water partition coefficient (Wildman–Crippen LogP) is 4.35. The van der Waals surface area contributed by atoms with Crippen LogP contribution < -0.4 is 5.32 Å². The molecule has 1 amide bonds. The van der Waals surface area contributed by atoms with E-state index in [0.29, 0.717) is 22.9 Å². The number of allylic oxidation sites excluding steroid dienone is 1. The highest BCUT2D eigenvalue weighted by atomic mass is 35.5. The van der Waals surface area contributed by atoms with E-state index in [4.69, 9.17) is 11.6 Å². The molecule has 5 nitrogen and oxygen atoms in total. The first-order valence-corrected chi connectivity index (χ1v) is 11.1. The number of anilines is 1. The Morgan fingerprint density at radius 3 is 2.56 bits per heavy atom. The Morgan fingerprint density at radius 1 is 1.22 bits per heavy atom. The summed E-state index contributed by atoms with van der Waals surface area (Å²) in [5, 5.41) is 2.91. The van der Waals surface area contributed by atoms with E-state index in [1.54, 1.807) is 30.5 Å². The van der Waals surface area contributed by atoms with Gasteiger partial charge in [0.25, 0.3) is 5.91 Å². The first kappa shape index (κ1) is 19.6. The van der Waals surface area contributed by atoms with Crippen LogP contribution in [0.4, 0.5) is 5.82 Å². The minimum atomic E-state index is -3.43. The Balaban J connectivity index is 1.97. The molecule has 1 aliphatic rings. The summed E-state index contributed by atoms with van der Waals surface area (Å²) in [4.78, 5) is 17.1. The van der Waals surface area contributed by atoms with Crippen LogP contribution in [0.5, 0.6) is 0 Å². The van der Waals surface area contributed by atoms with Gasteiger partial charge in [-0.15, -0.1) is 0 Å². The molecule has 1 aromatic carbocycles. The maximum atomic E-state index is 12.9. The van der Waals surface area contributed by atoms with Crippen molar-refractivity contribution in [3.63, 3.8) is 0 Å². The molecule has 0 radical (unpaired) electrons. The molecule has 1 heterocycles. The van der Waals surface area contributed by atoms with Gasteiger partial charge in [-0.1, -0.05) is 42.7 Å². The quantitative estimate of drug-likeness (QED) is 0.751. The molecule has 3 rings (SSSR count). The number of carbonyl (C=O) groups excluding carboxylic acids is 1. The maximum absolute atomic E-state index is 12.9. The van der Waals surface area contributed by atoms with Crippen molar-refractivity contribution >= 4 is 38.7 Å². The zero-order chi connectivity index (χ0) is 19.4. The van der Waals surface area contributed by atoms with Gasteiger partial charge in [0, 0.05) is 18.0 Å².